The number of likely N-dealkylation sites (tertiary alicyclic amines) is 1. The Morgan fingerprint density at radius 3 is 2.82 bits per heavy atom. The predicted octanol–water partition coefficient (Wildman–Crippen LogP) is 4.75. The molecule has 1 fully saturated rings. The van der Waals surface area contributed by atoms with Gasteiger partial charge in [-0.1, -0.05) is 43.0 Å². The van der Waals surface area contributed by atoms with Crippen LogP contribution in [0.4, 0.5) is 0 Å². The van der Waals surface area contributed by atoms with Gasteiger partial charge in [-0.25, -0.2) is 0 Å². The quantitative estimate of drug-likeness (QED) is 0.571. The zero-order valence-corrected chi connectivity index (χ0v) is 13.5. The summed E-state index contributed by atoms with van der Waals surface area (Å²) in [7, 11) is 0. The summed E-state index contributed by atoms with van der Waals surface area (Å²) in [6, 6.07) is 14.8. The molecule has 22 heavy (non-hydrogen) atoms. The van der Waals surface area contributed by atoms with E-state index in [4.69, 9.17) is 4.74 Å². The topological polar surface area (TPSA) is 9.23 Å². The average molecular weight is 296 g/mol. The van der Waals surface area contributed by atoms with E-state index in [-0.39, 0.29) is 6.23 Å². The molecule has 0 aliphatic carbocycles. The molecule has 2 unspecified atom stereocenters. The van der Waals surface area contributed by atoms with Gasteiger partial charge < -0.3 is 4.74 Å². The van der Waals surface area contributed by atoms with E-state index in [1.165, 1.54) is 30.2 Å². The zero-order valence-electron chi connectivity index (χ0n) is 13.5. The smallest absolute Gasteiger partial charge is 0.233 e. The van der Waals surface area contributed by atoms with Crippen molar-refractivity contribution in [1.29, 1.82) is 0 Å². The van der Waals surface area contributed by atoms with Crippen molar-refractivity contribution in [2.45, 2.75) is 32.4 Å². The fraction of sp³-hybridized carbons (Fsp3) is 0.400. The van der Waals surface area contributed by atoms with E-state index in [1.807, 2.05) is 6.08 Å². The minimum Gasteiger partial charge on any atom is -0.442 e. The van der Waals surface area contributed by atoms with Crippen molar-refractivity contribution in [3.63, 3.8) is 0 Å². The van der Waals surface area contributed by atoms with Gasteiger partial charge in [0.25, 0.3) is 0 Å². The number of hydrogen-bond donors (Lipinski definition) is 0. The van der Waals surface area contributed by atoms with E-state index in [0.717, 1.165) is 29.7 Å². The lowest BCUT2D eigenvalue weighted by molar-refractivity contribution is -0.966. The third-order valence-corrected chi connectivity index (χ3v) is 5.05. The van der Waals surface area contributed by atoms with E-state index < -0.39 is 0 Å². The van der Waals surface area contributed by atoms with E-state index in [9.17, 15) is 0 Å². The summed E-state index contributed by atoms with van der Waals surface area (Å²) in [5.41, 5.74) is 0. The molecule has 3 rings (SSSR count). The number of piperidine rings is 1. The summed E-state index contributed by atoms with van der Waals surface area (Å²) in [6.07, 6.45) is 5.96. The summed E-state index contributed by atoms with van der Waals surface area (Å²) in [6.45, 7) is 9.52. The SMILES string of the molecule is C=CC[N+]1(CC)CCCCC1Oc1cccc2ccccc12. The fourth-order valence-corrected chi connectivity index (χ4v) is 3.74. The van der Waals surface area contributed by atoms with Gasteiger partial charge >= 0.3 is 0 Å². The van der Waals surface area contributed by atoms with Crippen molar-refractivity contribution >= 4 is 10.8 Å². The van der Waals surface area contributed by atoms with Gasteiger partial charge in [-0.05, 0) is 37.3 Å². The highest BCUT2D eigenvalue weighted by Crippen LogP contribution is 2.32. The van der Waals surface area contributed by atoms with Crippen LogP contribution in [0.25, 0.3) is 10.8 Å². The maximum atomic E-state index is 6.55. The van der Waals surface area contributed by atoms with E-state index in [2.05, 4.69) is 56.0 Å². The normalized spacial score (nSPS) is 25.0. The minimum atomic E-state index is 0.238. The molecule has 2 aromatic rings. The van der Waals surface area contributed by atoms with Gasteiger partial charge in [-0.15, -0.1) is 0 Å². The first-order valence-corrected chi connectivity index (χ1v) is 8.40. The highest BCUT2D eigenvalue weighted by molar-refractivity contribution is 5.88. The molecule has 2 nitrogen and oxygen atoms in total. The number of quaternary nitrogens is 1. The lowest BCUT2D eigenvalue weighted by Gasteiger charge is -2.45. The third kappa shape index (κ3) is 2.76. The number of nitrogens with zero attached hydrogens (tertiary/aromatic N) is 1. The highest BCUT2D eigenvalue weighted by Gasteiger charge is 2.38. The van der Waals surface area contributed by atoms with Gasteiger partial charge in [0.2, 0.25) is 6.23 Å². The van der Waals surface area contributed by atoms with Crippen LogP contribution in [0.3, 0.4) is 0 Å². The second-order valence-electron chi connectivity index (χ2n) is 6.28. The molecule has 0 aromatic heterocycles. The van der Waals surface area contributed by atoms with Gasteiger partial charge in [0.15, 0.2) is 0 Å². The van der Waals surface area contributed by atoms with Crippen LogP contribution in [-0.2, 0) is 0 Å². The lowest BCUT2D eigenvalue weighted by Crippen LogP contribution is -2.60. The Bertz CT molecular complexity index is 646. The molecule has 0 saturated carbocycles. The fourth-order valence-electron chi connectivity index (χ4n) is 3.74. The molecule has 0 radical (unpaired) electrons. The van der Waals surface area contributed by atoms with Crippen LogP contribution in [-0.4, -0.2) is 30.3 Å². The Morgan fingerprint density at radius 1 is 1.18 bits per heavy atom. The number of benzene rings is 2. The van der Waals surface area contributed by atoms with Crippen molar-refractivity contribution < 1.29 is 9.22 Å². The highest BCUT2D eigenvalue weighted by atomic mass is 16.5. The predicted molar refractivity (Wildman–Crippen MR) is 92.9 cm³/mol. The number of hydrogen-bond acceptors (Lipinski definition) is 1. The van der Waals surface area contributed by atoms with Crippen molar-refractivity contribution in [2.75, 3.05) is 19.6 Å². The second kappa shape index (κ2) is 6.53. The maximum absolute atomic E-state index is 6.55. The van der Waals surface area contributed by atoms with Crippen molar-refractivity contribution in [2.24, 2.45) is 0 Å². The molecule has 1 aliphatic heterocycles. The van der Waals surface area contributed by atoms with Crippen molar-refractivity contribution in [1.82, 2.24) is 0 Å². The minimum absolute atomic E-state index is 0.238. The maximum Gasteiger partial charge on any atom is 0.233 e. The first kappa shape index (κ1) is 15.1. The molecule has 116 valence electrons. The monoisotopic (exact) mass is 296 g/mol. The van der Waals surface area contributed by atoms with Crippen LogP contribution in [0.1, 0.15) is 26.2 Å². The summed E-state index contributed by atoms with van der Waals surface area (Å²) in [5, 5.41) is 2.46. The van der Waals surface area contributed by atoms with E-state index >= 15 is 0 Å². The largest absolute Gasteiger partial charge is 0.442 e. The number of ether oxygens (including phenoxy) is 1. The Hall–Kier alpha value is -1.80. The average Bonchev–Trinajstić information content (AvgIpc) is 2.57. The molecule has 1 aliphatic rings. The molecule has 0 spiro atoms. The zero-order chi connectivity index (χ0) is 15.4. The first-order valence-electron chi connectivity index (χ1n) is 8.40. The second-order valence-corrected chi connectivity index (χ2v) is 6.28. The standard InChI is InChI=1S/C20H26NO/c1-3-15-21(4-2)16-8-7-14-20(21)22-19-13-9-11-17-10-5-6-12-18(17)19/h3,5-6,9-13,20H,1,4,7-8,14-16H2,2H3/q+1. The molecule has 1 heterocycles. The van der Waals surface area contributed by atoms with Gasteiger partial charge in [-0.2, -0.15) is 0 Å². The van der Waals surface area contributed by atoms with Gasteiger partial charge in [0.1, 0.15) is 5.75 Å². The van der Waals surface area contributed by atoms with Crippen molar-refractivity contribution in [3.05, 3.63) is 55.1 Å². The number of likely N-dealkylation sites (N-methyl/N-ethyl adjacent to an activating group) is 1. The molecular formula is C20H26NO+. The Kier molecular flexibility index (Phi) is 4.49. The van der Waals surface area contributed by atoms with Crippen LogP contribution in [0.5, 0.6) is 5.75 Å². The molecule has 2 aromatic carbocycles. The summed E-state index contributed by atoms with van der Waals surface area (Å²) in [4.78, 5) is 0. The van der Waals surface area contributed by atoms with Gasteiger partial charge in [0, 0.05) is 11.8 Å². The molecule has 0 N–H and O–H groups in total. The Balaban J connectivity index is 1.93. The van der Waals surface area contributed by atoms with E-state index in [0.29, 0.717) is 0 Å². The third-order valence-electron chi connectivity index (χ3n) is 5.05. The van der Waals surface area contributed by atoms with Crippen molar-refractivity contribution in [3.8, 4) is 5.75 Å². The lowest BCUT2D eigenvalue weighted by atomic mass is 10.0. The van der Waals surface area contributed by atoms with Gasteiger partial charge in [-0.3, -0.25) is 4.48 Å². The summed E-state index contributed by atoms with van der Waals surface area (Å²) < 4.78 is 7.56. The number of rotatable bonds is 5. The summed E-state index contributed by atoms with van der Waals surface area (Å²) in [5.74, 6) is 1.02. The first-order chi connectivity index (χ1) is 10.8. The summed E-state index contributed by atoms with van der Waals surface area (Å²) >= 11 is 0. The van der Waals surface area contributed by atoms with E-state index in [1.54, 1.807) is 0 Å². The molecule has 2 atom stereocenters. The Labute approximate surface area is 133 Å². The molecule has 2 heteroatoms. The Morgan fingerprint density at radius 2 is 2.00 bits per heavy atom. The van der Waals surface area contributed by atoms with Crippen LogP contribution < -0.4 is 4.74 Å². The molecular weight excluding hydrogens is 270 g/mol. The van der Waals surface area contributed by atoms with Gasteiger partial charge in [0.05, 0.1) is 19.6 Å². The van der Waals surface area contributed by atoms with Crippen LogP contribution in [0, 0.1) is 0 Å². The number of fused-ring (bicyclic) bond motifs is 1. The van der Waals surface area contributed by atoms with Crippen LogP contribution >= 0.6 is 0 Å². The molecule has 1 saturated heterocycles. The van der Waals surface area contributed by atoms with Crippen LogP contribution in [0.2, 0.25) is 0 Å². The van der Waals surface area contributed by atoms with Crippen LogP contribution in [0.15, 0.2) is 55.1 Å². The molecule has 0 amide bonds. The molecule has 0 bridgehead atoms.